The summed E-state index contributed by atoms with van der Waals surface area (Å²) in [5.41, 5.74) is 0.427. The van der Waals surface area contributed by atoms with E-state index in [2.05, 4.69) is 15.3 Å². The highest BCUT2D eigenvalue weighted by Gasteiger charge is 2.40. The van der Waals surface area contributed by atoms with Gasteiger partial charge in [-0.1, -0.05) is 13.8 Å². The molecule has 0 spiro atoms. The molecule has 8 nitrogen and oxygen atoms in total. The summed E-state index contributed by atoms with van der Waals surface area (Å²) in [6, 6.07) is 3.04. The minimum atomic E-state index is -4.56. The lowest BCUT2D eigenvalue weighted by atomic mass is 10.0. The number of nitrogens with one attached hydrogen (secondary N) is 1. The molecule has 0 aliphatic carbocycles. The van der Waals surface area contributed by atoms with Crippen LogP contribution in [0.2, 0.25) is 0 Å². The second-order valence-corrected chi connectivity index (χ2v) is 8.30. The number of carbonyl (C=O) groups is 2. The van der Waals surface area contributed by atoms with E-state index in [0.717, 1.165) is 17.8 Å². The van der Waals surface area contributed by atoms with E-state index in [4.69, 9.17) is 4.74 Å². The Labute approximate surface area is 189 Å². The maximum atomic E-state index is 13.1. The van der Waals surface area contributed by atoms with E-state index >= 15 is 0 Å². The summed E-state index contributed by atoms with van der Waals surface area (Å²) in [5.74, 6) is 0.281. The van der Waals surface area contributed by atoms with Crippen molar-refractivity contribution in [2.45, 2.75) is 39.4 Å². The van der Waals surface area contributed by atoms with Crippen LogP contribution >= 0.6 is 0 Å². The molecule has 1 atom stereocenters. The Kier molecular flexibility index (Phi) is 7.09. The second-order valence-electron chi connectivity index (χ2n) is 8.30. The van der Waals surface area contributed by atoms with Crippen LogP contribution in [0, 0.1) is 12.8 Å². The molecule has 11 heteroatoms. The monoisotopic (exact) mass is 465 g/mol. The number of hydrogen-bond donors (Lipinski definition) is 1. The largest absolute Gasteiger partial charge is 0.481 e. The third-order valence-corrected chi connectivity index (χ3v) is 5.23. The summed E-state index contributed by atoms with van der Waals surface area (Å²) >= 11 is 0. The lowest BCUT2D eigenvalue weighted by Crippen LogP contribution is -2.41. The molecule has 3 heterocycles. The number of ether oxygens (including phenoxy) is 1. The number of aromatic nitrogens is 2. The van der Waals surface area contributed by atoms with Gasteiger partial charge in [-0.2, -0.15) is 13.2 Å². The number of anilines is 2. The molecule has 0 saturated carbocycles. The number of aryl methyl sites for hydroxylation is 1. The predicted octanol–water partition coefficient (Wildman–Crippen LogP) is 4.11. The number of rotatable bonds is 7. The lowest BCUT2D eigenvalue weighted by Gasteiger charge is -2.24. The van der Waals surface area contributed by atoms with Crippen molar-refractivity contribution in [2.75, 3.05) is 30.4 Å². The van der Waals surface area contributed by atoms with Gasteiger partial charge in [0.15, 0.2) is 0 Å². The van der Waals surface area contributed by atoms with E-state index in [1.807, 2.05) is 13.8 Å². The van der Waals surface area contributed by atoms with Crippen molar-refractivity contribution >= 4 is 23.3 Å². The highest BCUT2D eigenvalue weighted by Crippen LogP contribution is 2.31. The molecule has 1 aliphatic heterocycles. The Bertz CT molecular complexity index is 1010. The molecule has 2 aromatic rings. The number of amides is 3. The Balaban J connectivity index is 1.75. The lowest BCUT2D eigenvalue weighted by molar-refractivity contribution is -0.141. The van der Waals surface area contributed by atoms with E-state index in [0.29, 0.717) is 18.0 Å². The SMILES string of the molecule is COc1ncc(NC(=O)CN2C(=O)N(c3ccc(C(F)(F)F)nc3)C[C@@H]2CC(C)C)cc1C. The first-order valence-electron chi connectivity index (χ1n) is 10.4. The fraction of sp³-hybridized carbons (Fsp3) is 0.455. The minimum absolute atomic E-state index is 0.203. The van der Waals surface area contributed by atoms with E-state index in [1.54, 1.807) is 13.0 Å². The zero-order chi connectivity index (χ0) is 24.3. The van der Waals surface area contributed by atoms with Gasteiger partial charge >= 0.3 is 12.2 Å². The molecule has 3 rings (SSSR count). The van der Waals surface area contributed by atoms with Crippen LogP contribution < -0.4 is 15.0 Å². The number of alkyl halides is 3. The molecule has 3 amide bonds. The number of pyridine rings is 2. The fourth-order valence-electron chi connectivity index (χ4n) is 3.77. The van der Waals surface area contributed by atoms with E-state index in [9.17, 15) is 22.8 Å². The van der Waals surface area contributed by atoms with E-state index < -0.39 is 23.8 Å². The molecule has 0 aromatic carbocycles. The van der Waals surface area contributed by atoms with E-state index in [-0.39, 0.29) is 30.7 Å². The van der Waals surface area contributed by atoms with Gasteiger partial charge in [0, 0.05) is 12.1 Å². The molecular formula is C22H26F3N5O3. The standard InChI is InChI=1S/C22H26F3N5O3/c1-13(2)7-17-11-29(16-5-6-18(26-10-16)22(23,24)25)21(32)30(17)12-19(31)28-15-8-14(3)20(33-4)27-9-15/h5-6,8-10,13,17H,7,11-12H2,1-4H3,(H,28,31)/t17-/m0/s1. The first kappa shape index (κ1) is 24.3. The van der Waals surface area contributed by atoms with Crippen LogP contribution in [0.1, 0.15) is 31.5 Å². The Hall–Kier alpha value is -3.37. The van der Waals surface area contributed by atoms with Gasteiger partial charge in [0.05, 0.1) is 36.9 Å². The number of hydrogen-bond acceptors (Lipinski definition) is 5. The summed E-state index contributed by atoms with van der Waals surface area (Å²) in [4.78, 5) is 36.1. The molecule has 1 saturated heterocycles. The Morgan fingerprint density at radius 1 is 1.27 bits per heavy atom. The second kappa shape index (κ2) is 9.63. The molecule has 1 fully saturated rings. The van der Waals surface area contributed by atoms with Crippen LogP contribution in [-0.2, 0) is 11.0 Å². The Morgan fingerprint density at radius 3 is 2.55 bits per heavy atom. The van der Waals surface area contributed by atoms with Gasteiger partial charge in [-0.05, 0) is 37.5 Å². The van der Waals surface area contributed by atoms with Crippen molar-refractivity contribution in [1.29, 1.82) is 0 Å². The van der Waals surface area contributed by atoms with Gasteiger partial charge in [0.2, 0.25) is 11.8 Å². The summed E-state index contributed by atoms with van der Waals surface area (Å²) in [6.07, 6.45) is -1.44. The summed E-state index contributed by atoms with van der Waals surface area (Å²) in [7, 11) is 1.50. The highest BCUT2D eigenvalue weighted by atomic mass is 19.4. The molecule has 0 radical (unpaired) electrons. The Morgan fingerprint density at radius 2 is 2.00 bits per heavy atom. The topological polar surface area (TPSA) is 87.7 Å². The van der Waals surface area contributed by atoms with Gasteiger partial charge in [0.25, 0.3) is 0 Å². The molecule has 2 aromatic heterocycles. The number of methoxy groups -OCH3 is 1. The molecule has 1 aliphatic rings. The van der Waals surface area contributed by atoms with Crippen LogP contribution in [0.5, 0.6) is 5.88 Å². The third kappa shape index (κ3) is 5.71. The van der Waals surface area contributed by atoms with Crippen LogP contribution in [0.3, 0.4) is 0 Å². The number of carbonyl (C=O) groups excluding carboxylic acids is 2. The quantitative estimate of drug-likeness (QED) is 0.665. The van der Waals surface area contributed by atoms with Crippen LogP contribution in [-0.4, -0.2) is 53.0 Å². The van der Waals surface area contributed by atoms with Crippen LogP contribution in [0.4, 0.5) is 29.3 Å². The normalized spacial score (nSPS) is 16.5. The van der Waals surface area contributed by atoms with Gasteiger partial charge in [-0.25, -0.2) is 14.8 Å². The van der Waals surface area contributed by atoms with Gasteiger partial charge in [-0.15, -0.1) is 0 Å². The van der Waals surface area contributed by atoms with Gasteiger partial charge < -0.3 is 15.0 Å². The average Bonchev–Trinajstić information content (AvgIpc) is 3.02. The zero-order valence-corrected chi connectivity index (χ0v) is 18.8. The molecule has 1 N–H and O–H groups in total. The van der Waals surface area contributed by atoms with Crippen molar-refractivity contribution in [1.82, 2.24) is 14.9 Å². The third-order valence-electron chi connectivity index (χ3n) is 5.23. The molecule has 0 bridgehead atoms. The first-order valence-corrected chi connectivity index (χ1v) is 10.4. The van der Waals surface area contributed by atoms with Crippen molar-refractivity contribution < 1.29 is 27.5 Å². The number of urea groups is 1. The molecule has 178 valence electrons. The fourth-order valence-corrected chi connectivity index (χ4v) is 3.77. The average molecular weight is 465 g/mol. The van der Waals surface area contributed by atoms with Gasteiger partial charge in [-0.3, -0.25) is 9.69 Å². The van der Waals surface area contributed by atoms with Crippen LogP contribution in [0.25, 0.3) is 0 Å². The van der Waals surface area contributed by atoms with Crippen molar-refractivity contribution in [2.24, 2.45) is 5.92 Å². The number of halogens is 3. The zero-order valence-electron chi connectivity index (χ0n) is 18.8. The maximum absolute atomic E-state index is 13.1. The summed E-state index contributed by atoms with van der Waals surface area (Å²) in [6.45, 7) is 5.83. The summed E-state index contributed by atoms with van der Waals surface area (Å²) < 4.78 is 43.6. The van der Waals surface area contributed by atoms with E-state index in [1.165, 1.54) is 29.2 Å². The first-order chi connectivity index (χ1) is 15.5. The smallest absolute Gasteiger partial charge is 0.433 e. The summed E-state index contributed by atoms with van der Waals surface area (Å²) in [5, 5.41) is 2.73. The molecule has 0 unspecified atom stereocenters. The van der Waals surface area contributed by atoms with Gasteiger partial charge in [0.1, 0.15) is 12.2 Å². The molecular weight excluding hydrogens is 439 g/mol. The van der Waals surface area contributed by atoms with Crippen molar-refractivity contribution in [3.63, 3.8) is 0 Å². The van der Waals surface area contributed by atoms with Crippen molar-refractivity contribution in [3.8, 4) is 5.88 Å². The van der Waals surface area contributed by atoms with Crippen molar-refractivity contribution in [3.05, 3.63) is 41.9 Å². The molecule has 33 heavy (non-hydrogen) atoms. The predicted molar refractivity (Wildman–Crippen MR) is 116 cm³/mol. The highest BCUT2D eigenvalue weighted by molar-refractivity contribution is 5.99. The minimum Gasteiger partial charge on any atom is -0.481 e. The number of nitrogens with zero attached hydrogens (tertiary/aromatic N) is 4. The maximum Gasteiger partial charge on any atom is 0.433 e. The van der Waals surface area contributed by atoms with Crippen LogP contribution in [0.15, 0.2) is 30.6 Å².